The van der Waals surface area contributed by atoms with Crippen LogP contribution in [0.2, 0.25) is 0 Å². The summed E-state index contributed by atoms with van der Waals surface area (Å²) in [6.07, 6.45) is 0.726. The van der Waals surface area contributed by atoms with Crippen LogP contribution in [-0.4, -0.2) is 26.1 Å². The fourth-order valence-corrected chi connectivity index (χ4v) is 2.63. The molecule has 1 N–H and O–H groups in total. The summed E-state index contributed by atoms with van der Waals surface area (Å²) in [6, 6.07) is 15.3. The lowest BCUT2D eigenvalue weighted by atomic mass is 10.1. The number of fused-ring (bicyclic) bond motifs is 1. The molecule has 2 aromatic rings. The second-order valence-electron chi connectivity index (χ2n) is 5.16. The molecular weight excluding hydrogens is 264 g/mol. The van der Waals surface area contributed by atoms with Gasteiger partial charge in [-0.1, -0.05) is 24.3 Å². The molecular formula is C17H18N2O2. The number of nitrogens with one attached hydrogen (secondary N) is 1. The largest absolute Gasteiger partial charge is 0.497 e. The molecule has 108 valence electrons. The van der Waals surface area contributed by atoms with Gasteiger partial charge in [-0.2, -0.15) is 0 Å². The van der Waals surface area contributed by atoms with E-state index in [2.05, 4.69) is 11.4 Å². The molecule has 0 fully saturated rings. The van der Waals surface area contributed by atoms with Crippen molar-refractivity contribution in [3.8, 4) is 5.75 Å². The third-order valence-corrected chi connectivity index (χ3v) is 3.84. The molecule has 1 atom stereocenters. The lowest BCUT2D eigenvalue weighted by molar-refractivity contribution is -0.118. The number of para-hydroxylation sites is 1. The van der Waals surface area contributed by atoms with Gasteiger partial charge in [-0.15, -0.1) is 0 Å². The number of likely N-dealkylation sites (N-methyl/N-ethyl adjacent to an activating group) is 1. The van der Waals surface area contributed by atoms with Crippen LogP contribution in [-0.2, 0) is 11.2 Å². The summed E-state index contributed by atoms with van der Waals surface area (Å²) in [5.74, 6) is 0.800. The van der Waals surface area contributed by atoms with E-state index in [1.54, 1.807) is 19.1 Å². The Hall–Kier alpha value is -2.49. The monoisotopic (exact) mass is 282 g/mol. The molecule has 2 aromatic carbocycles. The zero-order chi connectivity index (χ0) is 14.8. The summed E-state index contributed by atoms with van der Waals surface area (Å²) in [5.41, 5.74) is 3.07. The number of rotatable bonds is 3. The first-order valence-electron chi connectivity index (χ1n) is 6.95. The van der Waals surface area contributed by atoms with Crippen LogP contribution in [0, 0.1) is 0 Å². The SMILES string of the molecule is COc1cccc(N(C)C(=O)C2Cc3ccccc3N2)c1. The van der Waals surface area contributed by atoms with Crippen molar-refractivity contribution in [2.24, 2.45) is 0 Å². The van der Waals surface area contributed by atoms with Crippen LogP contribution < -0.4 is 15.0 Å². The van der Waals surface area contributed by atoms with Gasteiger partial charge in [0.1, 0.15) is 11.8 Å². The van der Waals surface area contributed by atoms with E-state index in [9.17, 15) is 4.79 Å². The minimum absolute atomic E-state index is 0.0550. The molecule has 1 unspecified atom stereocenters. The van der Waals surface area contributed by atoms with E-state index in [4.69, 9.17) is 4.74 Å². The summed E-state index contributed by atoms with van der Waals surface area (Å²) in [7, 11) is 3.41. The topological polar surface area (TPSA) is 41.6 Å². The maximum absolute atomic E-state index is 12.6. The van der Waals surface area contributed by atoms with Crippen molar-refractivity contribution in [1.82, 2.24) is 0 Å². The minimum Gasteiger partial charge on any atom is -0.497 e. The molecule has 0 bridgehead atoms. The maximum Gasteiger partial charge on any atom is 0.249 e. The van der Waals surface area contributed by atoms with Crippen molar-refractivity contribution in [3.63, 3.8) is 0 Å². The van der Waals surface area contributed by atoms with Gasteiger partial charge >= 0.3 is 0 Å². The van der Waals surface area contributed by atoms with Crippen LogP contribution in [0.4, 0.5) is 11.4 Å². The van der Waals surface area contributed by atoms with Crippen molar-refractivity contribution in [3.05, 3.63) is 54.1 Å². The first-order valence-corrected chi connectivity index (χ1v) is 6.95. The Balaban J connectivity index is 1.77. The van der Waals surface area contributed by atoms with E-state index in [1.807, 2.05) is 42.5 Å². The second-order valence-corrected chi connectivity index (χ2v) is 5.16. The number of hydrogen-bond donors (Lipinski definition) is 1. The van der Waals surface area contributed by atoms with Crippen LogP contribution in [0.1, 0.15) is 5.56 Å². The van der Waals surface area contributed by atoms with Gasteiger partial charge in [0.2, 0.25) is 5.91 Å². The van der Waals surface area contributed by atoms with Crippen LogP contribution in [0.5, 0.6) is 5.75 Å². The molecule has 1 aliphatic rings. The summed E-state index contributed by atoms with van der Waals surface area (Å²) < 4.78 is 5.21. The average molecular weight is 282 g/mol. The summed E-state index contributed by atoms with van der Waals surface area (Å²) in [5, 5.41) is 3.29. The van der Waals surface area contributed by atoms with Crippen molar-refractivity contribution < 1.29 is 9.53 Å². The van der Waals surface area contributed by atoms with Crippen LogP contribution in [0.25, 0.3) is 0 Å². The van der Waals surface area contributed by atoms with Crippen molar-refractivity contribution in [2.45, 2.75) is 12.5 Å². The van der Waals surface area contributed by atoms with E-state index in [-0.39, 0.29) is 11.9 Å². The Morgan fingerprint density at radius 2 is 2.05 bits per heavy atom. The van der Waals surface area contributed by atoms with Gasteiger partial charge in [0.05, 0.1) is 7.11 Å². The maximum atomic E-state index is 12.6. The van der Waals surface area contributed by atoms with E-state index in [1.165, 1.54) is 5.56 Å². The molecule has 0 aliphatic carbocycles. The Kier molecular flexibility index (Phi) is 3.52. The Morgan fingerprint density at radius 3 is 2.81 bits per heavy atom. The molecule has 4 nitrogen and oxygen atoms in total. The van der Waals surface area contributed by atoms with Crippen molar-refractivity contribution in [2.75, 3.05) is 24.4 Å². The first kappa shape index (κ1) is 13.5. The number of ether oxygens (including phenoxy) is 1. The van der Waals surface area contributed by atoms with Crippen LogP contribution in [0.15, 0.2) is 48.5 Å². The highest BCUT2D eigenvalue weighted by molar-refractivity contribution is 5.99. The van der Waals surface area contributed by atoms with E-state index in [0.717, 1.165) is 23.5 Å². The highest BCUT2D eigenvalue weighted by Crippen LogP contribution is 2.27. The normalized spacial score (nSPS) is 16.0. The molecule has 3 rings (SSSR count). The van der Waals surface area contributed by atoms with Crippen molar-refractivity contribution >= 4 is 17.3 Å². The number of carbonyl (C=O) groups is 1. The fraction of sp³-hybridized carbons (Fsp3) is 0.235. The predicted octanol–water partition coefficient (Wildman–Crippen LogP) is 2.69. The number of methoxy groups -OCH3 is 1. The first-order chi connectivity index (χ1) is 10.2. The van der Waals surface area contributed by atoms with Crippen LogP contribution in [0.3, 0.4) is 0 Å². The number of nitrogens with zero attached hydrogens (tertiary/aromatic N) is 1. The summed E-state index contributed by atoms with van der Waals surface area (Å²) in [6.45, 7) is 0. The molecule has 21 heavy (non-hydrogen) atoms. The van der Waals surface area contributed by atoms with Gasteiger partial charge in [0, 0.05) is 30.9 Å². The third kappa shape index (κ3) is 2.57. The van der Waals surface area contributed by atoms with Crippen LogP contribution >= 0.6 is 0 Å². The lowest BCUT2D eigenvalue weighted by Crippen LogP contribution is -2.39. The van der Waals surface area contributed by atoms with Gasteiger partial charge in [0.15, 0.2) is 0 Å². The zero-order valence-electron chi connectivity index (χ0n) is 12.2. The van der Waals surface area contributed by atoms with Gasteiger partial charge in [-0.3, -0.25) is 4.79 Å². The second kappa shape index (κ2) is 5.48. The number of carbonyl (C=O) groups excluding carboxylic acids is 1. The molecule has 0 radical (unpaired) electrons. The van der Waals surface area contributed by atoms with E-state index >= 15 is 0 Å². The fourth-order valence-electron chi connectivity index (χ4n) is 2.63. The number of hydrogen-bond acceptors (Lipinski definition) is 3. The molecule has 0 saturated carbocycles. The minimum atomic E-state index is -0.210. The summed E-state index contributed by atoms with van der Waals surface area (Å²) >= 11 is 0. The van der Waals surface area contributed by atoms with Gasteiger partial charge in [-0.25, -0.2) is 0 Å². The van der Waals surface area contributed by atoms with Gasteiger partial charge < -0.3 is 15.0 Å². The molecule has 0 spiro atoms. The molecule has 4 heteroatoms. The van der Waals surface area contributed by atoms with E-state index < -0.39 is 0 Å². The average Bonchev–Trinajstić information content (AvgIpc) is 2.97. The highest BCUT2D eigenvalue weighted by atomic mass is 16.5. The third-order valence-electron chi connectivity index (χ3n) is 3.84. The van der Waals surface area contributed by atoms with Gasteiger partial charge in [-0.05, 0) is 23.8 Å². The Labute approximate surface area is 124 Å². The number of amides is 1. The standard InChI is InChI=1S/C17H18N2O2/c1-19(13-7-5-8-14(11-13)21-2)17(20)16-10-12-6-3-4-9-15(12)18-16/h3-9,11,16,18H,10H2,1-2H3. The van der Waals surface area contributed by atoms with Crippen molar-refractivity contribution in [1.29, 1.82) is 0 Å². The molecule has 1 amide bonds. The molecule has 1 aliphatic heterocycles. The lowest BCUT2D eigenvalue weighted by Gasteiger charge is -2.22. The smallest absolute Gasteiger partial charge is 0.249 e. The Bertz CT molecular complexity index is 644. The Morgan fingerprint density at radius 1 is 1.24 bits per heavy atom. The van der Waals surface area contributed by atoms with Gasteiger partial charge in [0.25, 0.3) is 0 Å². The quantitative estimate of drug-likeness (QED) is 0.941. The van der Waals surface area contributed by atoms with E-state index in [0.29, 0.717) is 0 Å². The predicted molar refractivity (Wildman–Crippen MR) is 84.0 cm³/mol. The summed E-state index contributed by atoms with van der Waals surface area (Å²) in [4.78, 5) is 14.3. The zero-order valence-corrected chi connectivity index (χ0v) is 12.2. The number of anilines is 2. The number of benzene rings is 2. The molecule has 0 saturated heterocycles. The highest BCUT2D eigenvalue weighted by Gasteiger charge is 2.29. The molecule has 1 heterocycles. The molecule has 0 aromatic heterocycles.